The number of hydrogen-bond donors (Lipinski definition) is 10. The molecule has 3 fully saturated rings. The molecular weight excluding hydrogens is 466 g/mol. The van der Waals surface area contributed by atoms with Crippen molar-refractivity contribution in [2.45, 2.75) is 85.8 Å². The molecule has 0 spiro atoms. The predicted molar refractivity (Wildman–Crippen MR) is 107 cm³/mol. The SMILES string of the molecule is CO[C@H]1O[C@H](CN2C[C@H](O)[C@@H](O)[C@H](O[C@H]3O[C@H](CO)[C@@H](O)[C@H](O)[C@H]3O)[C@H]2CO)[C@@H](O)[C@H](O)[C@H]1O. The lowest BCUT2D eigenvalue weighted by Crippen LogP contribution is -2.68. The first-order valence-corrected chi connectivity index (χ1v) is 10.9. The molecule has 3 aliphatic heterocycles. The van der Waals surface area contributed by atoms with Crippen LogP contribution in [0, 0.1) is 0 Å². The molecule has 3 rings (SSSR count). The molecule has 3 saturated heterocycles. The van der Waals surface area contributed by atoms with Gasteiger partial charge in [-0.15, -0.1) is 0 Å². The van der Waals surface area contributed by atoms with Crippen LogP contribution >= 0.6 is 0 Å². The third kappa shape index (κ3) is 5.39. The van der Waals surface area contributed by atoms with Crippen molar-refractivity contribution in [2.24, 2.45) is 0 Å². The van der Waals surface area contributed by atoms with Crippen LogP contribution in [0.1, 0.15) is 0 Å². The highest BCUT2D eigenvalue weighted by molar-refractivity contribution is 4.99. The molecule has 3 heterocycles. The zero-order valence-electron chi connectivity index (χ0n) is 18.5. The fraction of sp³-hybridized carbons (Fsp3) is 1.00. The molecule has 0 radical (unpaired) electrons. The smallest absolute Gasteiger partial charge is 0.187 e. The van der Waals surface area contributed by atoms with Gasteiger partial charge in [-0.05, 0) is 0 Å². The standard InChI is InChI=1S/C19H35NO14/c1-31-18-15(29)13(27)11(25)8(32-18)3-20-2-7(23)10(24)17(6(20)4-21)34-19-16(30)14(28)12(26)9(5-22)33-19/h6-19,21-30H,2-5H2,1H3/t6-,7+,8-,9-,10-,11-,12-,13+,14+,15-,16-,17-,18+,19-/m1/s1. The summed E-state index contributed by atoms with van der Waals surface area (Å²) in [6.45, 7) is -1.74. The molecule has 0 unspecified atom stereocenters. The first-order chi connectivity index (χ1) is 16.0. The highest BCUT2D eigenvalue weighted by Crippen LogP contribution is 2.30. The monoisotopic (exact) mass is 501 g/mol. The van der Waals surface area contributed by atoms with Gasteiger partial charge in [0.05, 0.1) is 25.4 Å². The van der Waals surface area contributed by atoms with Crippen molar-refractivity contribution in [3.63, 3.8) is 0 Å². The van der Waals surface area contributed by atoms with Crippen LogP contribution in [-0.2, 0) is 18.9 Å². The van der Waals surface area contributed by atoms with Crippen molar-refractivity contribution in [3.8, 4) is 0 Å². The summed E-state index contributed by atoms with van der Waals surface area (Å²) in [5.74, 6) is 0. The Morgan fingerprint density at radius 3 is 1.82 bits per heavy atom. The average molecular weight is 501 g/mol. The lowest BCUT2D eigenvalue weighted by atomic mass is 9.91. The van der Waals surface area contributed by atoms with Crippen molar-refractivity contribution in [2.75, 3.05) is 33.4 Å². The highest BCUT2D eigenvalue weighted by atomic mass is 16.7. The first-order valence-electron chi connectivity index (χ1n) is 10.9. The van der Waals surface area contributed by atoms with Crippen molar-refractivity contribution in [1.29, 1.82) is 0 Å². The van der Waals surface area contributed by atoms with E-state index in [0.29, 0.717) is 0 Å². The number of hydrogen-bond acceptors (Lipinski definition) is 15. The van der Waals surface area contributed by atoms with E-state index in [2.05, 4.69) is 0 Å². The van der Waals surface area contributed by atoms with Gasteiger partial charge in [0.15, 0.2) is 12.6 Å². The molecule has 0 aromatic carbocycles. The summed E-state index contributed by atoms with van der Waals surface area (Å²) < 4.78 is 21.4. The number of likely N-dealkylation sites (tertiary alicyclic amines) is 1. The Kier molecular flexibility index (Phi) is 9.57. The van der Waals surface area contributed by atoms with Gasteiger partial charge >= 0.3 is 0 Å². The van der Waals surface area contributed by atoms with E-state index in [4.69, 9.17) is 18.9 Å². The second kappa shape index (κ2) is 11.6. The fourth-order valence-electron chi connectivity index (χ4n) is 4.57. The van der Waals surface area contributed by atoms with Crippen LogP contribution in [0.25, 0.3) is 0 Å². The van der Waals surface area contributed by atoms with Gasteiger partial charge in [0.25, 0.3) is 0 Å². The molecule has 3 aliphatic rings. The van der Waals surface area contributed by atoms with Crippen LogP contribution in [0.4, 0.5) is 0 Å². The predicted octanol–water partition coefficient (Wildman–Crippen LogP) is -6.98. The van der Waals surface area contributed by atoms with Gasteiger partial charge in [-0.2, -0.15) is 0 Å². The van der Waals surface area contributed by atoms with Gasteiger partial charge in [-0.3, -0.25) is 4.90 Å². The minimum absolute atomic E-state index is 0.200. The summed E-state index contributed by atoms with van der Waals surface area (Å²) >= 11 is 0. The van der Waals surface area contributed by atoms with Gasteiger partial charge in [0.2, 0.25) is 0 Å². The van der Waals surface area contributed by atoms with Crippen LogP contribution in [0.3, 0.4) is 0 Å². The van der Waals surface area contributed by atoms with E-state index in [1.807, 2.05) is 0 Å². The van der Waals surface area contributed by atoms with E-state index in [9.17, 15) is 51.1 Å². The van der Waals surface area contributed by atoms with Crippen molar-refractivity contribution in [3.05, 3.63) is 0 Å². The van der Waals surface area contributed by atoms with E-state index in [1.165, 1.54) is 12.0 Å². The van der Waals surface area contributed by atoms with E-state index in [-0.39, 0.29) is 13.1 Å². The van der Waals surface area contributed by atoms with Gasteiger partial charge < -0.3 is 70.0 Å². The van der Waals surface area contributed by atoms with Crippen LogP contribution in [0.15, 0.2) is 0 Å². The minimum Gasteiger partial charge on any atom is -0.395 e. The molecule has 0 aromatic rings. The van der Waals surface area contributed by atoms with E-state index in [0.717, 1.165) is 0 Å². The Morgan fingerprint density at radius 2 is 1.26 bits per heavy atom. The van der Waals surface area contributed by atoms with E-state index < -0.39 is 99.0 Å². The molecule has 15 nitrogen and oxygen atoms in total. The summed E-state index contributed by atoms with van der Waals surface area (Å²) in [5, 5.41) is 101. The number of aliphatic hydroxyl groups excluding tert-OH is 10. The Balaban J connectivity index is 1.77. The van der Waals surface area contributed by atoms with Gasteiger partial charge in [-0.25, -0.2) is 0 Å². The summed E-state index contributed by atoms with van der Waals surface area (Å²) in [6.07, 6.45) is -19.5. The Morgan fingerprint density at radius 1 is 0.706 bits per heavy atom. The lowest BCUT2D eigenvalue weighted by molar-refractivity contribution is -0.331. The molecule has 34 heavy (non-hydrogen) atoms. The fourth-order valence-corrected chi connectivity index (χ4v) is 4.57. The number of rotatable bonds is 7. The highest BCUT2D eigenvalue weighted by Gasteiger charge is 2.51. The third-order valence-electron chi connectivity index (χ3n) is 6.64. The Hall–Kier alpha value is -0.600. The molecule has 200 valence electrons. The van der Waals surface area contributed by atoms with Crippen LogP contribution in [0.5, 0.6) is 0 Å². The number of β-amino-alcohol motifs (C(OH)–C–C–N with tert-alkyl or cyclic N) is 1. The minimum atomic E-state index is -1.78. The summed E-state index contributed by atoms with van der Waals surface area (Å²) in [5.41, 5.74) is 0. The largest absolute Gasteiger partial charge is 0.395 e. The topological polar surface area (TPSA) is 242 Å². The van der Waals surface area contributed by atoms with Gasteiger partial charge in [0, 0.05) is 20.2 Å². The molecule has 15 heteroatoms. The quantitative estimate of drug-likeness (QED) is 0.156. The van der Waals surface area contributed by atoms with Crippen LogP contribution in [-0.4, -0.2) is 175 Å². The normalized spacial score (nSPS) is 50.9. The summed E-state index contributed by atoms with van der Waals surface area (Å²) in [6, 6.07) is -1.05. The summed E-state index contributed by atoms with van der Waals surface area (Å²) in [4.78, 5) is 1.41. The van der Waals surface area contributed by atoms with Gasteiger partial charge in [0.1, 0.15) is 61.0 Å². The molecule has 10 N–H and O–H groups in total. The third-order valence-corrected chi connectivity index (χ3v) is 6.64. The molecular formula is C19H35NO14. The van der Waals surface area contributed by atoms with Crippen molar-refractivity contribution in [1.82, 2.24) is 4.90 Å². The lowest BCUT2D eigenvalue weighted by Gasteiger charge is -2.49. The molecule has 14 atom stereocenters. The molecule has 0 aromatic heterocycles. The second-order valence-corrected chi connectivity index (χ2v) is 8.81. The number of piperidine rings is 1. The number of aliphatic hydroxyl groups is 10. The summed E-state index contributed by atoms with van der Waals surface area (Å²) in [7, 11) is 1.23. The maximum absolute atomic E-state index is 10.5. The first kappa shape index (κ1) is 28.0. The van der Waals surface area contributed by atoms with E-state index >= 15 is 0 Å². The second-order valence-electron chi connectivity index (χ2n) is 8.81. The molecule has 0 aliphatic carbocycles. The number of ether oxygens (including phenoxy) is 4. The maximum atomic E-state index is 10.5. The van der Waals surface area contributed by atoms with Crippen molar-refractivity contribution < 1.29 is 70.0 Å². The Labute approximate surface area is 194 Å². The zero-order chi connectivity index (χ0) is 25.3. The van der Waals surface area contributed by atoms with Gasteiger partial charge in [-0.1, -0.05) is 0 Å². The molecule has 0 saturated carbocycles. The average Bonchev–Trinajstić information content (AvgIpc) is 2.82. The van der Waals surface area contributed by atoms with Crippen LogP contribution in [0.2, 0.25) is 0 Å². The molecule has 0 amide bonds. The number of nitrogens with zero attached hydrogens (tertiary/aromatic N) is 1. The van der Waals surface area contributed by atoms with Crippen molar-refractivity contribution >= 4 is 0 Å². The zero-order valence-corrected chi connectivity index (χ0v) is 18.5. The molecule has 0 bridgehead atoms. The number of methoxy groups -OCH3 is 1. The Bertz CT molecular complexity index is 642. The van der Waals surface area contributed by atoms with Crippen LogP contribution < -0.4 is 0 Å². The van der Waals surface area contributed by atoms with E-state index in [1.54, 1.807) is 0 Å². The maximum Gasteiger partial charge on any atom is 0.187 e.